The van der Waals surface area contributed by atoms with Gasteiger partial charge in [0.1, 0.15) is 0 Å². The molecule has 0 unspecified atom stereocenters. The van der Waals surface area contributed by atoms with Crippen LogP contribution in [-0.2, 0) is 32.7 Å². The molecule has 31 valence electrons. The fraction of sp³-hybridized carbons (Fsp3) is 0.500. The van der Waals surface area contributed by atoms with Gasteiger partial charge >= 0.3 is 0 Å². The molecular formula is C2H8N2Y-2. The molecule has 1 radical (unpaired) electrons. The number of hydrogen-bond acceptors (Lipinski definition) is 1. The monoisotopic (exact) mass is 149 g/mol. The molecule has 0 atom stereocenters. The normalized spacial score (nSPS) is 3.60. The van der Waals surface area contributed by atoms with Crippen molar-refractivity contribution in [2.75, 3.05) is 6.54 Å². The minimum Gasteiger partial charge on any atom is -0.693 e. The van der Waals surface area contributed by atoms with E-state index >= 15 is 0 Å². The smallest absolute Gasteiger partial charge is 0 e. The van der Waals surface area contributed by atoms with Crippen LogP contribution >= 0.6 is 0 Å². The Morgan fingerprint density at radius 3 is 1.60 bits per heavy atom. The fourth-order valence-corrected chi connectivity index (χ4v) is 0. The van der Waals surface area contributed by atoms with E-state index in [1.807, 2.05) is 0 Å². The first kappa shape index (κ1) is 16.6. The van der Waals surface area contributed by atoms with Crippen LogP contribution in [0.1, 0.15) is 0 Å². The maximum absolute atomic E-state index is 4.74. The third-order valence-electron chi connectivity index (χ3n) is 0. The number of rotatable bonds is 0. The van der Waals surface area contributed by atoms with E-state index in [0.717, 1.165) is 0 Å². The van der Waals surface area contributed by atoms with Crippen LogP contribution in [0.25, 0.3) is 6.15 Å². The summed E-state index contributed by atoms with van der Waals surface area (Å²) in [5, 5.41) is 0. The van der Waals surface area contributed by atoms with E-state index in [-0.39, 0.29) is 38.9 Å². The maximum Gasteiger partial charge on any atom is 0 e. The van der Waals surface area contributed by atoms with Crippen LogP contribution in [-0.4, -0.2) is 6.54 Å². The zero-order chi connectivity index (χ0) is 2.71. The van der Waals surface area contributed by atoms with E-state index in [2.05, 4.69) is 6.92 Å². The van der Waals surface area contributed by atoms with Crippen molar-refractivity contribution in [1.82, 2.24) is 0 Å². The van der Waals surface area contributed by atoms with Crippen LogP contribution in [0.2, 0.25) is 0 Å². The molecule has 0 aliphatic heterocycles. The minimum atomic E-state index is 0. The first-order valence-electron chi connectivity index (χ1n) is 0.908. The van der Waals surface area contributed by atoms with Crippen LogP contribution in [0.15, 0.2) is 0 Å². The van der Waals surface area contributed by atoms with Crippen LogP contribution in [0.3, 0.4) is 0 Å². The molecule has 3 heteroatoms. The van der Waals surface area contributed by atoms with Gasteiger partial charge in [-0.15, -0.1) is 6.54 Å². The summed E-state index contributed by atoms with van der Waals surface area (Å²) in [7, 11) is 0. The summed E-state index contributed by atoms with van der Waals surface area (Å²) in [5.41, 5.74) is 4.74. The van der Waals surface area contributed by atoms with Gasteiger partial charge in [-0.2, -0.15) is 0 Å². The first-order chi connectivity index (χ1) is 1.41. The van der Waals surface area contributed by atoms with Gasteiger partial charge in [-0.05, 0) is 0 Å². The summed E-state index contributed by atoms with van der Waals surface area (Å²) in [4.78, 5) is 0. The summed E-state index contributed by atoms with van der Waals surface area (Å²) in [6.45, 7) is 3.76. The molecule has 4 N–H and O–H groups in total. The van der Waals surface area contributed by atoms with Crippen molar-refractivity contribution >= 4 is 0 Å². The summed E-state index contributed by atoms with van der Waals surface area (Å²) < 4.78 is 0. The van der Waals surface area contributed by atoms with E-state index in [0.29, 0.717) is 6.54 Å². The molecule has 0 aromatic heterocycles. The molecule has 0 amide bonds. The van der Waals surface area contributed by atoms with Crippen molar-refractivity contribution in [3.8, 4) is 0 Å². The Kier molecular flexibility index (Phi) is 66.0. The van der Waals surface area contributed by atoms with Crippen LogP contribution in [0.4, 0.5) is 0 Å². The molecular weight excluding hydrogens is 141 g/mol. The second kappa shape index (κ2) is 19.9. The molecule has 0 aliphatic carbocycles. The first-order valence-corrected chi connectivity index (χ1v) is 0.908. The quantitative estimate of drug-likeness (QED) is 0.500. The minimum absolute atomic E-state index is 0. The molecule has 0 bridgehead atoms. The van der Waals surface area contributed by atoms with Gasteiger partial charge in [0.05, 0.1) is 0 Å². The predicted octanol–water partition coefficient (Wildman–Crippen LogP) is 0.494. The van der Waals surface area contributed by atoms with Crippen LogP contribution in [0.5, 0.6) is 0 Å². The van der Waals surface area contributed by atoms with Crippen molar-refractivity contribution in [2.45, 2.75) is 0 Å². The summed E-state index contributed by atoms with van der Waals surface area (Å²) in [6, 6.07) is 0. The van der Waals surface area contributed by atoms with E-state index in [1.54, 1.807) is 0 Å². The summed E-state index contributed by atoms with van der Waals surface area (Å²) in [5.74, 6) is 0. The van der Waals surface area contributed by atoms with E-state index < -0.39 is 0 Å². The molecule has 0 saturated carbocycles. The van der Waals surface area contributed by atoms with Gasteiger partial charge in [0.25, 0.3) is 0 Å². The van der Waals surface area contributed by atoms with Crippen molar-refractivity contribution in [1.29, 1.82) is 0 Å². The number of hydrogen-bond donors (Lipinski definition) is 1. The van der Waals surface area contributed by atoms with Crippen molar-refractivity contribution in [3.05, 3.63) is 13.1 Å². The van der Waals surface area contributed by atoms with Gasteiger partial charge in [0, 0.05) is 32.7 Å². The Labute approximate surface area is 58.0 Å². The second-order valence-electron chi connectivity index (χ2n) is 0.289. The average Bonchev–Trinajstić information content (AvgIpc) is 0.918. The van der Waals surface area contributed by atoms with Crippen LogP contribution in [0, 0.1) is 6.92 Å². The van der Waals surface area contributed by atoms with Gasteiger partial charge in [-0.1, -0.05) is 0 Å². The standard InChI is InChI=1S/C2H6N.H2N.Y/c1-2-3;;/h1-3H2;1H2;/q2*-1;. The molecule has 0 heterocycles. The molecule has 0 saturated heterocycles. The van der Waals surface area contributed by atoms with Crippen LogP contribution < -0.4 is 5.73 Å². The van der Waals surface area contributed by atoms with E-state index in [1.165, 1.54) is 0 Å². The Bertz CT molecular complexity index is 7.61. The largest absolute Gasteiger partial charge is 0.693 e. The molecule has 0 aliphatic rings. The van der Waals surface area contributed by atoms with Gasteiger partial charge in [0.2, 0.25) is 0 Å². The van der Waals surface area contributed by atoms with E-state index in [9.17, 15) is 0 Å². The average molecular weight is 149 g/mol. The van der Waals surface area contributed by atoms with Gasteiger partial charge < -0.3 is 18.8 Å². The Morgan fingerprint density at radius 2 is 1.60 bits per heavy atom. The molecule has 0 aromatic carbocycles. The third kappa shape index (κ3) is 43.8. The zero-order valence-corrected chi connectivity index (χ0v) is 5.98. The third-order valence-corrected chi connectivity index (χ3v) is 0. The van der Waals surface area contributed by atoms with Gasteiger partial charge in [-0.25, -0.2) is 0 Å². The molecule has 5 heavy (non-hydrogen) atoms. The maximum atomic E-state index is 4.74. The molecule has 0 rings (SSSR count). The Balaban J connectivity index is -0.0000000200. The topological polar surface area (TPSA) is 59.5 Å². The van der Waals surface area contributed by atoms with E-state index in [4.69, 9.17) is 5.73 Å². The number of nitrogens with two attached hydrogens (primary N) is 2. The van der Waals surface area contributed by atoms with Gasteiger partial charge in [0.15, 0.2) is 0 Å². The molecule has 2 nitrogen and oxygen atoms in total. The predicted molar refractivity (Wildman–Crippen MR) is 19.7 cm³/mol. The molecule has 0 aromatic rings. The molecule has 0 spiro atoms. The van der Waals surface area contributed by atoms with Crippen molar-refractivity contribution < 1.29 is 32.7 Å². The Morgan fingerprint density at radius 1 is 1.60 bits per heavy atom. The van der Waals surface area contributed by atoms with Crippen molar-refractivity contribution in [3.63, 3.8) is 0 Å². The molecule has 0 fully saturated rings. The Hall–Kier alpha value is 1.02. The second-order valence-corrected chi connectivity index (χ2v) is 0.289. The summed E-state index contributed by atoms with van der Waals surface area (Å²) >= 11 is 0. The van der Waals surface area contributed by atoms with Gasteiger partial charge in [-0.3, -0.25) is 0 Å². The SMILES string of the molecule is [CH2-]CN.[NH2-].[Y]. The zero-order valence-electron chi connectivity index (χ0n) is 3.15. The van der Waals surface area contributed by atoms with Crippen molar-refractivity contribution in [2.24, 2.45) is 5.73 Å². The summed E-state index contributed by atoms with van der Waals surface area (Å²) in [6.07, 6.45) is 0. The fourth-order valence-electron chi connectivity index (χ4n) is 0.